The van der Waals surface area contributed by atoms with Gasteiger partial charge in [-0.3, -0.25) is 9.59 Å². The Morgan fingerprint density at radius 1 is 1.10 bits per heavy atom. The van der Waals surface area contributed by atoms with E-state index in [4.69, 9.17) is 0 Å². The number of hydrogen-bond donors (Lipinski definition) is 1. The van der Waals surface area contributed by atoms with E-state index in [2.05, 4.69) is 11.4 Å². The lowest BCUT2D eigenvalue weighted by atomic mass is 9.86. The number of aryl methyl sites for hydroxylation is 1. The SMILES string of the molecule is Cc1ccccc1[C@H]1CN(C(=O)CC(C)C)C[C@@H]1C(=O)NCc1ccc(F)cc1. The Labute approximate surface area is 172 Å². The van der Waals surface area contributed by atoms with Crippen LogP contribution in [0.4, 0.5) is 4.39 Å². The van der Waals surface area contributed by atoms with Crippen molar-refractivity contribution in [1.29, 1.82) is 0 Å². The molecule has 0 saturated carbocycles. The number of benzene rings is 2. The largest absolute Gasteiger partial charge is 0.352 e. The van der Waals surface area contributed by atoms with Crippen LogP contribution in [0.15, 0.2) is 48.5 Å². The second kappa shape index (κ2) is 9.21. The van der Waals surface area contributed by atoms with Gasteiger partial charge in [0.05, 0.1) is 5.92 Å². The smallest absolute Gasteiger partial charge is 0.225 e. The van der Waals surface area contributed by atoms with Gasteiger partial charge in [0.2, 0.25) is 11.8 Å². The Hall–Kier alpha value is -2.69. The Balaban J connectivity index is 1.76. The van der Waals surface area contributed by atoms with Crippen LogP contribution in [0.3, 0.4) is 0 Å². The van der Waals surface area contributed by atoms with Gasteiger partial charge in [-0.05, 0) is 41.7 Å². The molecule has 1 fully saturated rings. The predicted octanol–water partition coefficient (Wildman–Crippen LogP) is 4.04. The summed E-state index contributed by atoms with van der Waals surface area (Å²) in [6.07, 6.45) is 0.490. The van der Waals surface area contributed by atoms with Crippen LogP contribution in [-0.4, -0.2) is 29.8 Å². The molecule has 2 aromatic carbocycles. The number of nitrogens with zero attached hydrogens (tertiary/aromatic N) is 1. The van der Waals surface area contributed by atoms with E-state index < -0.39 is 0 Å². The molecule has 5 heteroatoms. The summed E-state index contributed by atoms with van der Waals surface area (Å²) in [6, 6.07) is 14.2. The van der Waals surface area contributed by atoms with Crippen LogP contribution in [0.1, 0.15) is 42.9 Å². The topological polar surface area (TPSA) is 49.4 Å². The fourth-order valence-electron chi connectivity index (χ4n) is 3.99. The first-order valence-electron chi connectivity index (χ1n) is 10.2. The highest BCUT2D eigenvalue weighted by atomic mass is 19.1. The molecule has 1 aliphatic rings. The van der Waals surface area contributed by atoms with Crippen LogP contribution in [0.25, 0.3) is 0 Å². The second-order valence-electron chi connectivity index (χ2n) is 8.31. The first kappa shape index (κ1) is 21.0. The lowest BCUT2D eigenvalue weighted by molar-refractivity contribution is -0.131. The average molecular weight is 397 g/mol. The zero-order valence-electron chi connectivity index (χ0n) is 17.3. The number of amides is 2. The van der Waals surface area contributed by atoms with Crippen LogP contribution in [0.5, 0.6) is 0 Å². The highest BCUT2D eigenvalue weighted by molar-refractivity contribution is 5.83. The van der Waals surface area contributed by atoms with Crippen molar-refractivity contribution in [2.24, 2.45) is 11.8 Å². The molecule has 1 aliphatic heterocycles. The van der Waals surface area contributed by atoms with Crippen molar-refractivity contribution in [3.8, 4) is 0 Å². The molecule has 0 unspecified atom stereocenters. The van der Waals surface area contributed by atoms with Gasteiger partial charge in [0.15, 0.2) is 0 Å². The molecule has 0 aliphatic carbocycles. The molecule has 154 valence electrons. The van der Waals surface area contributed by atoms with E-state index in [-0.39, 0.29) is 35.4 Å². The number of halogens is 1. The van der Waals surface area contributed by atoms with E-state index in [9.17, 15) is 14.0 Å². The number of nitrogens with one attached hydrogen (secondary N) is 1. The quantitative estimate of drug-likeness (QED) is 0.801. The summed E-state index contributed by atoms with van der Waals surface area (Å²) in [5, 5.41) is 2.98. The van der Waals surface area contributed by atoms with E-state index in [1.54, 1.807) is 12.1 Å². The fraction of sp³-hybridized carbons (Fsp3) is 0.417. The third kappa shape index (κ3) is 5.22. The number of hydrogen-bond acceptors (Lipinski definition) is 2. The van der Waals surface area contributed by atoms with E-state index in [0.29, 0.717) is 26.1 Å². The first-order chi connectivity index (χ1) is 13.8. The lowest BCUT2D eigenvalue weighted by Gasteiger charge is -2.20. The number of carbonyl (C=O) groups is 2. The summed E-state index contributed by atoms with van der Waals surface area (Å²) in [4.78, 5) is 27.5. The van der Waals surface area contributed by atoms with Gasteiger partial charge in [-0.15, -0.1) is 0 Å². The molecule has 1 heterocycles. The van der Waals surface area contributed by atoms with Crippen LogP contribution in [0.2, 0.25) is 0 Å². The van der Waals surface area contributed by atoms with Gasteiger partial charge in [-0.25, -0.2) is 4.39 Å². The second-order valence-corrected chi connectivity index (χ2v) is 8.31. The molecule has 1 saturated heterocycles. The third-order valence-electron chi connectivity index (χ3n) is 5.56. The van der Waals surface area contributed by atoms with Gasteiger partial charge >= 0.3 is 0 Å². The summed E-state index contributed by atoms with van der Waals surface area (Å²) >= 11 is 0. The van der Waals surface area contributed by atoms with Crippen molar-refractivity contribution < 1.29 is 14.0 Å². The normalized spacial score (nSPS) is 18.9. The summed E-state index contributed by atoms with van der Waals surface area (Å²) in [5.74, 6) is -0.302. The van der Waals surface area contributed by atoms with Gasteiger partial charge in [0, 0.05) is 32.0 Å². The minimum Gasteiger partial charge on any atom is -0.352 e. The summed E-state index contributed by atoms with van der Waals surface area (Å²) in [7, 11) is 0. The molecule has 2 aromatic rings. The molecule has 0 bridgehead atoms. The average Bonchev–Trinajstić information content (AvgIpc) is 3.12. The Bertz CT molecular complexity index is 863. The van der Waals surface area contributed by atoms with Crippen molar-refractivity contribution >= 4 is 11.8 Å². The van der Waals surface area contributed by atoms with E-state index in [0.717, 1.165) is 16.7 Å². The molecule has 29 heavy (non-hydrogen) atoms. The maximum atomic E-state index is 13.1. The fourth-order valence-corrected chi connectivity index (χ4v) is 3.99. The van der Waals surface area contributed by atoms with Crippen molar-refractivity contribution in [2.75, 3.05) is 13.1 Å². The molecule has 3 rings (SSSR count). The molecule has 0 aromatic heterocycles. The van der Waals surface area contributed by atoms with Crippen molar-refractivity contribution in [3.63, 3.8) is 0 Å². The van der Waals surface area contributed by atoms with Crippen molar-refractivity contribution in [3.05, 3.63) is 71.0 Å². The van der Waals surface area contributed by atoms with E-state index >= 15 is 0 Å². The number of likely N-dealkylation sites (tertiary alicyclic amines) is 1. The van der Waals surface area contributed by atoms with Crippen LogP contribution in [-0.2, 0) is 16.1 Å². The van der Waals surface area contributed by atoms with E-state index in [1.807, 2.05) is 43.9 Å². The molecule has 1 N–H and O–H groups in total. The zero-order chi connectivity index (χ0) is 21.0. The van der Waals surface area contributed by atoms with Gasteiger partial charge in [0.25, 0.3) is 0 Å². The Morgan fingerprint density at radius 2 is 1.79 bits per heavy atom. The molecular weight excluding hydrogens is 367 g/mol. The maximum Gasteiger partial charge on any atom is 0.225 e. The lowest BCUT2D eigenvalue weighted by Crippen LogP contribution is -2.35. The molecule has 4 nitrogen and oxygen atoms in total. The van der Waals surface area contributed by atoms with Gasteiger partial charge in [-0.1, -0.05) is 50.2 Å². The van der Waals surface area contributed by atoms with Crippen LogP contribution in [0, 0.1) is 24.6 Å². The first-order valence-corrected chi connectivity index (χ1v) is 10.2. The third-order valence-corrected chi connectivity index (χ3v) is 5.56. The summed E-state index contributed by atoms with van der Waals surface area (Å²) < 4.78 is 13.1. The van der Waals surface area contributed by atoms with Gasteiger partial charge in [-0.2, -0.15) is 0 Å². The molecule has 0 spiro atoms. The summed E-state index contributed by atoms with van der Waals surface area (Å²) in [5.41, 5.74) is 3.10. The number of rotatable bonds is 6. The Morgan fingerprint density at radius 3 is 2.45 bits per heavy atom. The monoisotopic (exact) mass is 396 g/mol. The van der Waals surface area contributed by atoms with Gasteiger partial charge < -0.3 is 10.2 Å². The van der Waals surface area contributed by atoms with E-state index in [1.165, 1.54) is 12.1 Å². The zero-order valence-corrected chi connectivity index (χ0v) is 17.3. The molecule has 2 amide bonds. The molecular formula is C24H29FN2O2. The number of carbonyl (C=O) groups excluding carboxylic acids is 2. The highest BCUT2D eigenvalue weighted by Gasteiger charge is 2.40. The predicted molar refractivity (Wildman–Crippen MR) is 112 cm³/mol. The van der Waals surface area contributed by atoms with Crippen LogP contribution >= 0.6 is 0 Å². The summed E-state index contributed by atoms with van der Waals surface area (Å²) in [6.45, 7) is 7.43. The van der Waals surface area contributed by atoms with Crippen molar-refractivity contribution in [2.45, 2.75) is 39.7 Å². The molecule has 2 atom stereocenters. The highest BCUT2D eigenvalue weighted by Crippen LogP contribution is 2.35. The van der Waals surface area contributed by atoms with Crippen molar-refractivity contribution in [1.82, 2.24) is 10.2 Å². The minimum atomic E-state index is -0.298. The minimum absolute atomic E-state index is 0.0273. The van der Waals surface area contributed by atoms with Gasteiger partial charge in [0.1, 0.15) is 5.82 Å². The van der Waals surface area contributed by atoms with Crippen LogP contribution < -0.4 is 5.32 Å². The standard InChI is InChI=1S/C24H29FN2O2/c1-16(2)12-23(28)27-14-21(20-7-5-4-6-17(20)3)22(15-27)24(29)26-13-18-8-10-19(25)11-9-18/h4-11,16,21-22H,12-15H2,1-3H3,(H,26,29)/t21-,22+/m1/s1. The Kier molecular flexibility index (Phi) is 6.68. The maximum absolute atomic E-state index is 13.1. The molecule has 0 radical (unpaired) electrons.